The van der Waals surface area contributed by atoms with Crippen molar-refractivity contribution in [1.82, 2.24) is 10.2 Å². The van der Waals surface area contributed by atoms with Gasteiger partial charge >= 0.3 is 0 Å². The third-order valence-electron chi connectivity index (χ3n) is 7.52. The van der Waals surface area contributed by atoms with Crippen LogP contribution in [0, 0.1) is 11.8 Å². The zero-order chi connectivity index (χ0) is 27.6. The Morgan fingerprint density at radius 2 is 1.62 bits per heavy atom. The zero-order valence-electron chi connectivity index (χ0n) is 22.5. The molecule has 1 fully saturated rings. The molecule has 0 aliphatic carbocycles. The van der Waals surface area contributed by atoms with Gasteiger partial charge in [-0.2, -0.15) is 0 Å². The average Bonchev–Trinajstić information content (AvgIpc) is 2.99. The van der Waals surface area contributed by atoms with Crippen LogP contribution in [-0.4, -0.2) is 51.3 Å². The number of carbonyl (C=O) groups is 2. The summed E-state index contributed by atoms with van der Waals surface area (Å²) in [5.41, 5.74) is 1.51. The van der Waals surface area contributed by atoms with E-state index in [-0.39, 0.29) is 33.5 Å². The number of fused-ring (bicyclic) bond motifs is 2. The number of rotatable bonds is 7. The highest BCUT2D eigenvalue weighted by molar-refractivity contribution is 7.91. The van der Waals surface area contributed by atoms with Crippen molar-refractivity contribution in [2.24, 2.45) is 11.8 Å². The van der Waals surface area contributed by atoms with Gasteiger partial charge in [-0.3, -0.25) is 9.59 Å². The summed E-state index contributed by atoms with van der Waals surface area (Å²) in [6.45, 7) is 8.37. The second-order valence-electron chi connectivity index (χ2n) is 10.9. The number of piperidine rings is 1. The van der Waals surface area contributed by atoms with E-state index in [9.17, 15) is 18.0 Å². The van der Waals surface area contributed by atoms with Crippen molar-refractivity contribution < 1.29 is 18.0 Å². The molecule has 2 atom stereocenters. The predicted octanol–water partition coefficient (Wildman–Crippen LogP) is 4.78. The quantitative estimate of drug-likeness (QED) is 0.432. The van der Waals surface area contributed by atoms with Crippen LogP contribution in [0.5, 0.6) is 0 Å². The lowest BCUT2D eigenvalue weighted by atomic mass is 9.92. The number of nitrogens with zero attached hydrogens (tertiary/aromatic N) is 2. The number of nitrogens with one attached hydrogen (secondary N) is 1. The maximum Gasteiger partial charge on any atom is 0.259 e. The number of hydrogen-bond donors (Lipinski definition) is 1. The van der Waals surface area contributed by atoms with Crippen LogP contribution in [0.2, 0.25) is 0 Å². The number of likely N-dealkylation sites (tertiary alicyclic amines) is 1. The number of anilines is 1. The molecule has 1 N–H and O–H groups in total. The van der Waals surface area contributed by atoms with E-state index in [1.807, 2.05) is 30.3 Å². The molecule has 7 nitrogen and oxygen atoms in total. The predicted molar refractivity (Wildman–Crippen MR) is 152 cm³/mol. The van der Waals surface area contributed by atoms with Gasteiger partial charge in [-0.1, -0.05) is 56.3 Å². The third-order valence-corrected chi connectivity index (χ3v) is 9.38. The molecule has 2 aliphatic heterocycles. The highest BCUT2D eigenvalue weighted by Crippen LogP contribution is 2.38. The monoisotopic (exact) mass is 545 g/mol. The van der Waals surface area contributed by atoms with Gasteiger partial charge in [0, 0.05) is 25.2 Å². The summed E-state index contributed by atoms with van der Waals surface area (Å²) in [6.07, 6.45) is 2.09. The normalized spacial score (nSPS) is 20.6. The maximum atomic E-state index is 13.7. The van der Waals surface area contributed by atoms with Gasteiger partial charge in [0.15, 0.2) is 0 Å². The van der Waals surface area contributed by atoms with Crippen molar-refractivity contribution in [3.05, 3.63) is 89.5 Å². The molecule has 0 aromatic heterocycles. The number of carbonyl (C=O) groups excluding carboxylic acids is 2. The van der Waals surface area contributed by atoms with Gasteiger partial charge in [-0.15, -0.1) is 0 Å². The van der Waals surface area contributed by atoms with Crippen LogP contribution in [0.15, 0.2) is 82.6 Å². The van der Waals surface area contributed by atoms with Gasteiger partial charge in [0.25, 0.3) is 11.8 Å². The van der Waals surface area contributed by atoms with Crippen LogP contribution in [0.25, 0.3) is 0 Å². The Bertz CT molecular complexity index is 1460. The Hall–Kier alpha value is -3.49. The molecule has 2 amide bonds. The summed E-state index contributed by atoms with van der Waals surface area (Å²) >= 11 is 0. The van der Waals surface area contributed by atoms with Gasteiger partial charge in [0.1, 0.15) is 0 Å². The highest BCUT2D eigenvalue weighted by atomic mass is 32.2. The standard InChI is InChI=1S/C31H35N3O4S/c1-22-17-23(2)20-33(19-22)16-8-15-32-30(35)25-13-14-29-27(18-25)34(21-24-9-4-3-5-10-24)31(36)26-11-6-7-12-28(26)39(29,37)38/h3-7,9-14,18,22-23H,8,15-17,19-21H2,1-2H3,(H,32,35)/t22-,23-/m0/s1. The van der Waals surface area contributed by atoms with Crippen molar-refractivity contribution in [3.8, 4) is 0 Å². The Balaban J connectivity index is 1.39. The van der Waals surface area contributed by atoms with Crippen molar-refractivity contribution in [2.75, 3.05) is 31.1 Å². The summed E-state index contributed by atoms with van der Waals surface area (Å²) in [7, 11) is -3.98. The molecule has 3 aromatic carbocycles. The molecular weight excluding hydrogens is 510 g/mol. The van der Waals surface area contributed by atoms with Crippen LogP contribution in [-0.2, 0) is 16.4 Å². The zero-order valence-corrected chi connectivity index (χ0v) is 23.3. The Kier molecular flexibility index (Phi) is 7.86. The fourth-order valence-electron chi connectivity index (χ4n) is 5.85. The molecule has 2 heterocycles. The SMILES string of the molecule is C[C@H]1C[C@H](C)CN(CCCNC(=O)c2ccc3c(c2)N(Cc2ccccc2)C(=O)c2ccccc2S3(=O)=O)C1. The Labute approximate surface area is 230 Å². The van der Waals surface area contributed by atoms with Gasteiger partial charge in [0.05, 0.1) is 27.6 Å². The third kappa shape index (κ3) is 5.77. The summed E-state index contributed by atoms with van der Waals surface area (Å²) in [5, 5.41) is 2.98. The van der Waals surface area contributed by atoms with Crippen LogP contribution in [0.3, 0.4) is 0 Å². The first-order valence-electron chi connectivity index (χ1n) is 13.6. The van der Waals surface area contributed by atoms with Crippen LogP contribution in [0.1, 0.15) is 53.0 Å². The van der Waals surface area contributed by atoms with E-state index in [1.165, 1.54) is 41.7 Å². The summed E-state index contributed by atoms with van der Waals surface area (Å²) < 4.78 is 27.3. The second kappa shape index (κ2) is 11.3. The van der Waals surface area contributed by atoms with E-state index in [0.717, 1.165) is 31.6 Å². The van der Waals surface area contributed by atoms with E-state index in [4.69, 9.17) is 0 Å². The minimum absolute atomic E-state index is 0.0154. The van der Waals surface area contributed by atoms with E-state index in [2.05, 4.69) is 24.1 Å². The molecule has 0 saturated carbocycles. The first-order valence-corrected chi connectivity index (χ1v) is 15.1. The topological polar surface area (TPSA) is 86.8 Å². The van der Waals surface area contributed by atoms with Crippen LogP contribution >= 0.6 is 0 Å². The molecule has 0 unspecified atom stereocenters. The average molecular weight is 546 g/mol. The van der Waals surface area contributed by atoms with E-state index < -0.39 is 15.7 Å². The summed E-state index contributed by atoms with van der Waals surface area (Å²) in [6, 6.07) is 20.2. The summed E-state index contributed by atoms with van der Waals surface area (Å²) in [5.74, 6) is 0.669. The number of benzene rings is 3. The highest BCUT2D eigenvalue weighted by Gasteiger charge is 2.36. The molecule has 204 valence electrons. The van der Waals surface area contributed by atoms with Gasteiger partial charge in [-0.05, 0) is 67.1 Å². The van der Waals surface area contributed by atoms with Crippen molar-refractivity contribution in [2.45, 2.75) is 43.0 Å². The molecular formula is C31H35N3O4S. The van der Waals surface area contributed by atoms with Crippen molar-refractivity contribution >= 4 is 27.3 Å². The lowest BCUT2D eigenvalue weighted by molar-refractivity contribution is 0.0944. The molecule has 0 spiro atoms. The minimum Gasteiger partial charge on any atom is -0.352 e. The smallest absolute Gasteiger partial charge is 0.259 e. The number of sulfone groups is 1. The molecule has 3 aromatic rings. The lowest BCUT2D eigenvalue weighted by Gasteiger charge is -2.34. The fourth-order valence-corrected chi connectivity index (χ4v) is 7.48. The van der Waals surface area contributed by atoms with Gasteiger partial charge in [0.2, 0.25) is 9.84 Å². The Morgan fingerprint density at radius 3 is 2.36 bits per heavy atom. The first-order chi connectivity index (χ1) is 18.7. The second-order valence-corrected chi connectivity index (χ2v) is 12.8. The van der Waals surface area contributed by atoms with E-state index in [0.29, 0.717) is 23.9 Å². The van der Waals surface area contributed by atoms with E-state index >= 15 is 0 Å². The van der Waals surface area contributed by atoms with Gasteiger partial charge in [-0.25, -0.2) is 8.42 Å². The number of amides is 2. The fraction of sp³-hybridized carbons (Fsp3) is 0.355. The molecule has 0 radical (unpaired) electrons. The first kappa shape index (κ1) is 27.1. The molecule has 2 aliphatic rings. The van der Waals surface area contributed by atoms with Crippen molar-refractivity contribution in [1.29, 1.82) is 0 Å². The molecule has 5 rings (SSSR count). The van der Waals surface area contributed by atoms with Gasteiger partial charge < -0.3 is 15.1 Å². The minimum atomic E-state index is -3.98. The number of hydrogen-bond acceptors (Lipinski definition) is 5. The summed E-state index contributed by atoms with van der Waals surface area (Å²) in [4.78, 5) is 30.8. The molecule has 8 heteroatoms. The molecule has 1 saturated heterocycles. The maximum absolute atomic E-state index is 13.7. The molecule has 0 bridgehead atoms. The Morgan fingerprint density at radius 1 is 0.923 bits per heavy atom. The van der Waals surface area contributed by atoms with Crippen LogP contribution in [0.4, 0.5) is 5.69 Å². The lowest BCUT2D eigenvalue weighted by Crippen LogP contribution is -2.40. The van der Waals surface area contributed by atoms with E-state index in [1.54, 1.807) is 12.1 Å². The molecule has 39 heavy (non-hydrogen) atoms. The largest absolute Gasteiger partial charge is 0.352 e. The van der Waals surface area contributed by atoms with Crippen molar-refractivity contribution in [3.63, 3.8) is 0 Å². The van der Waals surface area contributed by atoms with Crippen LogP contribution < -0.4 is 10.2 Å².